The quantitative estimate of drug-likeness (QED) is 0.780. The van der Waals surface area contributed by atoms with Gasteiger partial charge in [0.15, 0.2) is 0 Å². The molecule has 2 bridgehead atoms. The molecule has 1 aromatic rings. The van der Waals surface area contributed by atoms with Crippen LogP contribution in [0.25, 0.3) is 0 Å². The number of benzene rings is 1. The zero-order valence-corrected chi connectivity index (χ0v) is 15.0. The standard InChI is InChI=1S/C20H29NO2/c1-13(2)17(19(22)23-20(3,4)5)21-16-11-15(12-16)18(21)14-9-7-6-8-10-14/h6-10,13,15-18H,11-12H2,1-5H3/t15?,16?,17-,18+/m0/s1. The van der Waals surface area contributed by atoms with Crippen LogP contribution < -0.4 is 0 Å². The van der Waals surface area contributed by atoms with E-state index in [0.29, 0.717) is 18.0 Å². The van der Waals surface area contributed by atoms with E-state index in [-0.39, 0.29) is 17.9 Å². The number of carbonyl (C=O) groups excluding carboxylic acids is 1. The normalized spacial score (nSPS) is 28.5. The lowest BCUT2D eigenvalue weighted by Gasteiger charge is -2.37. The van der Waals surface area contributed by atoms with E-state index in [1.807, 2.05) is 20.8 Å². The monoisotopic (exact) mass is 315 g/mol. The van der Waals surface area contributed by atoms with Gasteiger partial charge in [0.2, 0.25) is 0 Å². The van der Waals surface area contributed by atoms with Gasteiger partial charge in [-0.1, -0.05) is 44.2 Å². The van der Waals surface area contributed by atoms with Gasteiger partial charge in [-0.2, -0.15) is 0 Å². The van der Waals surface area contributed by atoms with E-state index < -0.39 is 5.60 Å². The van der Waals surface area contributed by atoms with Gasteiger partial charge in [0, 0.05) is 12.1 Å². The van der Waals surface area contributed by atoms with Crippen molar-refractivity contribution in [3.63, 3.8) is 0 Å². The van der Waals surface area contributed by atoms with Crippen LogP contribution in [0.4, 0.5) is 0 Å². The molecular formula is C20H29NO2. The van der Waals surface area contributed by atoms with Gasteiger partial charge >= 0.3 is 5.97 Å². The summed E-state index contributed by atoms with van der Waals surface area (Å²) in [6.07, 6.45) is 2.43. The van der Waals surface area contributed by atoms with E-state index in [2.05, 4.69) is 49.1 Å². The molecule has 3 heteroatoms. The molecule has 0 aromatic heterocycles. The second-order valence-electron chi connectivity index (χ2n) is 8.41. The van der Waals surface area contributed by atoms with Crippen molar-refractivity contribution in [3.05, 3.63) is 35.9 Å². The zero-order valence-electron chi connectivity index (χ0n) is 15.0. The van der Waals surface area contributed by atoms with Gasteiger partial charge in [0.25, 0.3) is 0 Å². The van der Waals surface area contributed by atoms with Gasteiger partial charge in [-0.15, -0.1) is 0 Å². The van der Waals surface area contributed by atoms with Crippen molar-refractivity contribution < 1.29 is 9.53 Å². The molecule has 1 saturated carbocycles. The molecule has 1 aliphatic carbocycles. The van der Waals surface area contributed by atoms with Crippen LogP contribution in [0, 0.1) is 11.8 Å². The van der Waals surface area contributed by atoms with Crippen LogP contribution in [-0.2, 0) is 9.53 Å². The summed E-state index contributed by atoms with van der Waals surface area (Å²) in [5.41, 5.74) is 0.904. The molecule has 0 unspecified atom stereocenters. The molecule has 3 aliphatic rings. The van der Waals surface area contributed by atoms with E-state index in [9.17, 15) is 4.79 Å². The van der Waals surface area contributed by atoms with E-state index in [1.165, 1.54) is 18.4 Å². The maximum Gasteiger partial charge on any atom is 0.324 e. The summed E-state index contributed by atoms with van der Waals surface area (Å²) in [5, 5.41) is 0. The fourth-order valence-corrected chi connectivity index (χ4v) is 4.20. The Morgan fingerprint density at radius 2 is 1.78 bits per heavy atom. The smallest absolute Gasteiger partial charge is 0.324 e. The van der Waals surface area contributed by atoms with Crippen LogP contribution in [0.3, 0.4) is 0 Å². The molecule has 2 atom stereocenters. The summed E-state index contributed by atoms with van der Waals surface area (Å²) in [4.78, 5) is 15.3. The number of ether oxygens (including phenoxy) is 1. The van der Waals surface area contributed by atoms with E-state index >= 15 is 0 Å². The highest BCUT2D eigenvalue weighted by Crippen LogP contribution is 2.55. The lowest BCUT2D eigenvalue weighted by molar-refractivity contribution is -0.164. The molecule has 126 valence electrons. The molecule has 4 rings (SSSR count). The van der Waals surface area contributed by atoms with E-state index in [4.69, 9.17) is 4.74 Å². The van der Waals surface area contributed by atoms with E-state index in [0.717, 1.165) is 0 Å². The third-order valence-corrected chi connectivity index (χ3v) is 5.08. The Morgan fingerprint density at radius 1 is 1.17 bits per heavy atom. The van der Waals surface area contributed by atoms with Crippen LogP contribution in [0.1, 0.15) is 59.1 Å². The Labute approximate surface area is 140 Å². The number of fused-ring (bicyclic) bond motifs is 1. The van der Waals surface area contributed by atoms with Crippen LogP contribution in [0.5, 0.6) is 0 Å². The highest BCUT2D eigenvalue weighted by Gasteiger charge is 2.55. The number of nitrogens with zero attached hydrogens (tertiary/aromatic N) is 1. The van der Waals surface area contributed by atoms with Gasteiger partial charge < -0.3 is 4.74 Å². The molecule has 3 nitrogen and oxygen atoms in total. The fraction of sp³-hybridized carbons (Fsp3) is 0.650. The first kappa shape index (κ1) is 16.5. The SMILES string of the molecule is CC(C)[C@@H](C(=O)OC(C)(C)C)N1C2CC(C2)[C@H]1c1ccccc1. The summed E-state index contributed by atoms with van der Waals surface area (Å²) >= 11 is 0. The Bertz CT molecular complexity index is 555. The minimum atomic E-state index is -0.435. The maximum atomic E-state index is 12.9. The Balaban J connectivity index is 1.88. The first-order valence-corrected chi connectivity index (χ1v) is 8.83. The van der Waals surface area contributed by atoms with Crippen molar-refractivity contribution in [2.45, 2.75) is 71.2 Å². The molecule has 2 saturated heterocycles. The van der Waals surface area contributed by atoms with Crippen LogP contribution in [0.2, 0.25) is 0 Å². The van der Waals surface area contributed by atoms with Crippen molar-refractivity contribution in [1.29, 1.82) is 0 Å². The zero-order chi connectivity index (χ0) is 16.8. The highest BCUT2D eigenvalue weighted by molar-refractivity contribution is 5.77. The van der Waals surface area contributed by atoms with Crippen LogP contribution >= 0.6 is 0 Å². The van der Waals surface area contributed by atoms with Gasteiger partial charge in [-0.25, -0.2) is 0 Å². The Hall–Kier alpha value is -1.35. The van der Waals surface area contributed by atoms with Gasteiger partial charge in [-0.05, 0) is 51.0 Å². The maximum absolute atomic E-state index is 12.9. The molecule has 2 heterocycles. The first-order chi connectivity index (χ1) is 10.8. The third kappa shape index (κ3) is 3.16. The lowest BCUT2D eigenvalue weighted by Crippen LogP contribution is -2.49. The molecule has 3 fully saturated rings. The van der Waals surface area contributed by atoms with Crippen molar-refractivity contribution in [1.82, 2.24) is 4.90 Å². The molecule has 0 amide bonds. The predicted molar refractivity (Wildman–Crippen MR) is 92.0 cm³/mol. The van der Waals surface area contributed by atoms with Crippen molar-refractivity contribution in [2.75, 3.05) is 0 Å². The number of carbonyl (C=O) groups is 1. The van der Waals surface area contributed by atoms with Gasteiger partial charge in [0.1, 0.15) is 11.6 Å². The second kappa shape index (κ2) is 5.94. The fourth-order valence-electron chi connectivity index (χ4n) is 4.20. The minimum Gasteiger partial charge on any atom is -0.459 e. The van der Waals surface area contributed by atoms with Gasteiger partial charge in [-0.3, -0.25) is 9.69 Å². The number of esters is 1. The average Bonchev–Trinajstić information content (AvgIpc) is 2.91. The molecule has 1 aromatic carbocycles. The van der Waals surface area contributed by atoms with E-state index in [1.54, 1.807) is 0 Å². The molecule has 0 radical (unpaired) electrons. The third-order valence-electron chi connectivity index (χ3n) is 5.08. The first-order valence-electron chi connectivity index (χ1n) is 8.83. The highest BCUT2D eigenvalue weighted by atomic mass is 16.6. The van der Waals surface area contributed by atoms with Crippen molar-refractivity contribution >= 4 is 5.97 Å². The largest absolute Gasteiger partial charge is 0.459 e. The minimum absolute atomic E-state index is 0.0685. The van der Waals surface area contributed by atoms with Crippen molar-refractivity contribution in [2.24, 2.45) is 11.8 Å². The number of hydrogen-bond donors (Lipinski definition) is 0. The summed E-state index contributed by atoms with van der Waals surface area (Å²) in [7, 11) is 0. The van der Waals surface area contributed by atoms with Gasteiger partial charge in [0.05, 0.1) is 0 Å². The molecular weight excluding hydrogens is 286 g/mol. The summed E-state index contributed by atoms with van der Waals surface area (Å²) in [6.45, 7) is 10.1. The molecule has 0 N–H and O–H groups in total. The number of hydrogen-bond acceptors (Lipinski definition) is 3. The summed E-state index contributed by atoms with van der Waals surface area (Å²) < 4.78 is 5.74. The van der Waals surface area contributed by atoms with Crippen LogP contribution in [-0.4, -0.2) is 28.6 Å². The number of rotatable bonds is 4. The van der Waals surface area contributed by atoms with Crippen LogP contribution in [0.15, 0.2) is 30.3 Å². The Kier molecular flexibility index (Phi) is 4.26. The summed E-state index contributed by atoms with van der Waals surface area (Å²) in [5.74, 6) is 0.863. The molecule has 2 aliphatic heterocycles. The molecule has 23 heavy (non-hydrogen) atoms. The summed E-state index contributed by atoms with van der Waals surface area (Å²) in [6, 6.07) is 11.4. The lowest BCUT2D eigenvalue weighted by atomic mass is 9.81. The molecule has 0 spiro atoms. The second-order valence-corrected chi connectivity index (χ2v) is 8.41. The topological polar surface area (TPSA) is 29.5 Å². The average molecular weight is 315 g/mol. The Morgan fingerprint density at radius 3 is 2.30 bits per heavy atom. The predicted octanol–water partition coefficient (Wildman–Crippen LogP) is 4.19. The van der Waals surface area contributed by atoms with Crippen molar-refractivity contribution in [3.8, 4) is 0 Å².